The SMILES string of the molecule is CN=C=C[N+](=O)[O-]. The normalized spacial score (nSPS) is 6.43. The minimum Gasteiger partial charge on any atom is -0.258 e. The van der Waals surface area contributed by atoms with Crippen LogP contribution in [0.1, 0.15) is 0 Å². The lowest BCUT2D eigenvalue weighted by Crippen LogP contribution is -1.81. The Balaban J connectivity index is 3.70. The molecule has 0 rings (SSSR count). The molecule has 0 aliphatic heterocycles. The van der Waals surface area contributed by atoms with Gasteiger partial charge in [-0.25, -0.2) is 4.99 Å². The topological polar surface area (TPSA) is 55.5 Å². The molecule has 0 spiro atoms. The Kier molecular flexibility index (Phi) is 2.55. The molecule has 0 atom stereocenters. The van der Waals surface area contributed by atoms with E-state index < -0.39 is 4.92 Å². The van der Waals surface area contributed by atoms with Gasteiger partial charge in [-0.15, -0.1) is 0 Å². The zero-order valence-electron chi connectivity index (χ0n) is 3.79. The maximum Gasteiger partial charge on any atom is 0.294 e. The zero-order valence-corrected chi connectivity index (χ0v) is 3.79. The minimum atomic E-state index is -0.618. The van der Waals surface area contributed by atoms with Crippen molar-refractivity contribution in [1.29, 1.82) is 0 Å². The van der Waals surface area contributed by atoms with Gasteiger partial charge in [0.15, 0.2) is 0 Å². The lowest BCUT2D eigenvalue weighted by atomic mass is 11.0. The second kappa shape index (κ2) is 3.06. The largest absolute Gasteiger partial charge is 0.294 e. The van der Waals surface area contributed by atoms with Crippen LogP contribution in [0.4, 0.5) is 0 Å². The molecule has 38 valence electrons. The molecule has 0 saturated heterocycles. The first-order chi connectivity index (χ1) is 3.27. The third kappa shape index (κ3) is 4.85. The van der Waals surface area contributed by atoms with E-state index in [0.29, 0.717) is 6.20 Å². The number of aliphatic imine (C=N–C) groups is 1. The summed E-state index contributed by atoms with van der Waals surface area (Å²) in [5, 5.41) is 9.39. The quantitative estimate of drug-likeness (QED) is 0.266. The van der Waals surface area contributed by atoms with Gasteiger partial charge < -0.3 is 0 Å². The minimum absolute atomic E-state index is 0.618. The van der Waals surface area contributed by atoms with Gasteiger partial charge in [-0.3, -0.25) is 10.1 Å². The van der Waals surface area contributed by atoms with Gasteiger partial charge in [-0.05, 0) is 0 Å². The Morgan fingerprint density at radius 1 is 2.00 bits per heavy atom. The molecule has 0 aromatic rings. The average Bonchev–Trinajstić information content (AvgIpc) is 1.61. The Morgan fingerprint density at radius 2 is 2.57 bits per heavy atom. The first kappa shape index (κ1) is 5.85. The third-order valence-electron chi connectivity index (χ3n) is 0.292. The highest BCUT2D eigenvalue weighted by Crippen LogP contribution is 1.59. The second-order valence-electron chi connectivity index (χ2n) is 0.767. The van der Waals surface area contributed by atoms with Gasteiger partial charge in [-0.2, -0.15) is 0 Å². The summed E-state index contributed by atoms with van der Waals surface area (Å²) in [5.41, 5.74) is 0. The lowest BCUT2D eigenvalue weighted by molar-refractivity contribution is -0.399. The van der Waals surface area contributed by atoms with Crippen LogP contribution in [0.3, 0.4) is 0 Å². The third-order valence-corrected chi connectivity index (χ3v) is 0.292. The summed E-state index contributed by atoms with van der Waals surface area (Å²) in [6.45, 7) is 0. The molecule has 0 radical (unpaired) electrons. The molecule has 0 unspecified atom stereocenters. The van der Waals surface area contributed by atoms with E-state index in [-0.39, 0.29) is 0 Å². The number of nitro groups is 1. The van der Waals surface area contributed by atoms with Crippen molar-refractivity contribution in [2.24, 2.45) is 4.99 Å². The average molecular weight is 100 g/mol. The van der Waals surface area contributed by atoms with Crippen LogP contribution in [-0.2, 0) is 0 Å². The van der Waals surface area contributed by atoms with Crippen molar-refractivity contribution in [2.75, 3.05) is 7.05 Å². The second-order valence-corrected chi connectivity index (χ2v) is 0.767. The fourth-order valence-corrected chi connectivity index (χ4v) is 0.105. The van der Waals surface area contributed by atoms with E-state index in [1.165, 1.54) is 7.05 Å². The molecule has 0 aliphatic rings. The van der Waals surface area contributed by atoms with E-state index in [2.05, 4.69) is 4.99 Å². The molecule has 0 N–H and O–H groups in total. The fraction of sp³-hybridized carbons (Fsp3) is 0.333. The summed E-state index contributed by atoms with van der Waals surface area (Å²) in [7, 11) is 1.42. The summed E-state index contributed by atoms with van der Waals surface area (Å²) in [4.78, 5) is 12.0. The van der Waals surface area contributed by atoms with Crippen LogP contribution in [0.5, 0.6) is 0 Å². The molecule has 0 fully saturated rings. The molecule has 0 heterocycles. The van der Waals surface area contributed by atoms with Crippen molar-refractivity contribution in [3.63, 3.8) is 0 Å². The van der Waals surface area contributed by atoms with E-state index >= 15 is 0 Å². The molecule has 0 bridgehead atoms. The number of nitrogens with zero attached hydrogens (tertiary/aromatic N) is 2. The van der Waals surface area contributed by atoms with Crippen LogP contribution in [0.15, 0.2) is 11.2 Å². The van der Waals surface area contributed by atoms with Crippen molar-refractivity contribution < 1.29 is 4.92 Å². The van der Waals surface area contributed by atoms with E-state index in [9.17, 15) is 10.1 Å². The van der Waals surface area contributed by atoms with E-state index in [0.717, 1.165) is 0 Å². The Hall–Kier alpha value is -1.15. The van der Waals surface area contributed by atoms with Crippen LogP contribution in [-0.4, -0.2) is 17.8 Å². The monoisotopic (exact) mass is 100 g/mol. The Bertz CT molecular complexity index is 123. The number of hydrogen-bond acceptors (Lipinski definition) is 3. The fourth-order valence-electron chi connectivity index (χ4n) is 0.105. The summed E-state index contributed by atoms with van der Waals surface area (Å²) >= 11 is 0. The van der Waals surface area contributed by atoms with Gasteiger partial charge in [0.1, 0.15) is 0 Å². The molecule has 4 heteroatoms. The first-order valence-corrected chi connectivity index (χ1v) is 1.58. The van der Waals surface area contributed by atoms with Gasteiger partial charge in [0.25, 0.3) is 6.20 Å². The summed E-state index contributed by atoms with van der Waals surface area (Å²) in [6, 6.07) is 0. The van der Waals surface area contributed by atoms with Crippen LogP contribution in [0, 0.1) is 10.1 Å². The molecule has 4 nitrogen and oxygen atoms in total. The highest BCUT2D eigenvalue weighted by atomic mass is 16.6. The highest BCUT2D eigenvalue weighted by Gasteiger charge is 1.75. The van der Waals surface area contributed by atoms with E-state index in [1.807, 2.05) is 5.87 Å². The van der Waals surface area contributed by atoms with Crippen LogP contribution < -0.4 is 0 Å². The number of hydrogen-bond donors (Lipinski definition) is 0. The molecule has 0 aromatic carbocycles. The molecule has 7 heavy (non-hydrogen) atoms. The summed E-state index contributed by atoms with van der Waals surface area (Å²) in [6.07, 6.45) is 0.653. The molecular formula is C3H4N2O2. The van der Waals surface area contributed by atoms with Gasteiger partial charge in [-0.1, -0.05) is 0 Å². The molecular weight excluding hydrogens is 96.0 g/mol. The molecule has 0 aliphatic carbocycles. The van der Waals surface area contributed by atoms with E-state index in [4.69, 9.17) is 0 Å². The predicted molar refractivity (Wildman–Crippen MR) is 24.9 cm³/mol. The van der Waals surface area contributed by atoms with Gasteiger partial charge in [0.2, 0.25) is 0 Å². The molecule has 0 saturated carbocycles. The van der Waals surface area contributed by atoms with Crippen molar-refractivity contribution in [3.8, 4) is 0 Å². The molecule has 0 aromatic heterocycles. The maximum absolute atomic E-state index is 9.39. The number of rotatable bonds is 1. The van der Waals surface area contributed by atoms with Gasteiger partial charge in [0, 0.05) is 7.05 Å². The summed E-state index contributed by atoms with van der Waals surface area (Å²) < 4.78 is 0. The summed E-state index contributed by atoms with van der Waals surface area (Å²) in [5.74, 6) is 2.05. The highest BCUT2D eigenvalue weighted by molar-refractivity contribution is 5.48. The smallest absolute Gasteiger partial charge is 0.258 e. The lowest BCUT2D eigenvalue weighted by Gasteiger charge is -1.66. The Morgan fingerprint density at radius 3 is 2.71 bits per heavy atom. The van der Waals surface area contributed by atoms with Crippen molar-refractivity contribution in [2.45, 2.75) is 0 Å². The van der Waals surface area contributed by atoms with Gasteiger partial charge in [0.05, 0.1) is 10.8 Å². The van der Waals surface area contributed by atoms with Crippen LogP contribution in [0.2, 0.25) is 0 Å². The van der Waals surface area contributed by atoms with Crippen LogP contribution >= 0.6 is 0 Å². The standard InChI is InChI=1S/C3H4N2O2/c1-4-2-3-5(6)7/h3H,1H3. The van der Waals surface area contributed by atoms with Crippen molar-refractivity contribution in [3.05, 3.63) is 16.3 Å². The Labute approximate surface area is 40.3 Å². The zero-order chi connectivity index (χ0) is 5.70. The van der Waals surface area contributed by atoms with Crippen molar-refractivity contribution >= 4 is 5.87 Å². The predicted octanol–water partition coefficient (Wildman–Crippen LogP) is 0.0763. The van der Waals surface area contributed by atoms with E-state index in [1.54, 1.807) is 0 Å². The van der Waals surface area contributed by atoms with Crippen molar-refractivity contribution in [1.82, 2.24) is 0 Å². The maximum atomic E-state index is 9.39. The van der Waals surface area contributed by atoms with Crippen LogP contribution in [0.25, 0.3) is 0 Å². The molecule has 0 amide bonds. The first-order valence-electron chi connectivity index (χ1n) is 1.58. The van der Waals surface area contributed by atoms with Gasteiger partial charge >= 0.3 is 0 Å².